The van der Waals surface area contributed by atoms with Crippen LogP contribution in [-0.2, 0) is 26.2 Å². The van der Waals surface area contributed by atoms with Gasteiger partial charge in [-0.2, -0.15) is 8.42 Å². The molecule has 1 atom stereocenters. The molecule has 2 aliphatic rings. The first-order valence-corrected chi connectivity index (χ1v) is 9.81. The average molecular weight is 417 g/mol. The Kier molecular flexibility index (Phi) is 4.77. The Balaban J connectivity index is 1.88. The summed E-state index contributed by atoms with van der Waals surface area (Å²) >= 11 is 0. The minimum atomic E-state index is -4.31. The summed E-state index contributed by atoms with van der Waals surface area (Å²) < 4.78 is 51.8. The average Bonchev–Trinajstić information content (AvgIpc) is 2.78. The normalized spacial score (nSPS) is 20.8. The monoisotopic (exact) mass is 417 g/mol. The van der Waals surface area contributed by atoms with Crippen molar-refractivity contribution >= 4 is 27.9 Å². The quantitative estimate of drug-likeness (QED) is 0.639. The molecule has 2 heterocycles. The van der Waals surface area contributed by atoms with Gasteiger partial charge in [-0.3, -0.25) is 4.79 Å². The third-order valence-corrected chi connectivity index (χ3v) is 5.34. The number of anilines is 1. The molecular weight excluding hydrogens is 397 g/mol. The number of rotatable bonds is 2. The lowest BCUT2D eigenvalue weighted by Gasteiger charge is -2.29. The summed E-state index contributed by atoms with van der Waals surface area (Å²) in [5.74, 6) is -2.56. The maximum absolute atomic E-state index is 15.1. The number of phenolic OH excluding ortho intramolecular Hbond substituents is 1. The van der Waals surface area contributed by atoms with E-state index < -0.39 is 57.7 Å². The highest BCUT2D eigenvalue weighted by Gasteiger charge is 2.39. The molecule has 10 nitrogen and oxygen atoms in total. The van der Waals surface area contributed by atoms with Crippen LogP contribution in [0.3, 0.4) is 0 Å². The SMILES string of the molecule is CC(C)(C)OC(=O)N[C@@H]1COc2cc(O)c(N3CC(=O)NS3(=O)=O)c(F)c2C1. The highest BCUT2D eigenvalue weighted by atomic mass is 32.2. The summed E-state index contributed by atoms with van der Waals surface area (Å²) in [6.07, 6.45) is -0.732. The first kappa shape index (κ1) is 20.0. The van der Waals surface area contributed by atoms with Gasteiger partial charge in [-0.1, -0.05) is 0 Å². The van der Waals surface area contributed by atoms with Gasteiger partial charge in [0.2, 0.25) is 0 Å². The number of amides is 2. The fraction of sp³-hybridized carbons (Fsp3) is 0.500. The molecule has 2 aliphatic heterocycles. The fourth-order valence-electron chi connectivity index (χ4n) is 2.91. The summed E-state index contributed by atoms with van der Waals surface area (Å²) in [4.78, 5) is 23.3. The molecule has 1 aromatic carbocycles. The van der Waals surface area contributed by atoms with E-state index in [9.17, 15) is 23.1 Å². The number of benzene rings is 1. The van der Waals surface area contributed by atoms with Gasteiger partial charge >= 0.3 is 16.3 Å². The number of nitrogens with one attached hydrogen (secondary N) is 2. The predicted molar refractivity (Wildman–Crippen MR) is 94.8 cm³/mol. The van der Waals surface area contributed by atoms with Crippen LogP contribution in [0.4, 0.5) is 14.9 Å². The first-order valence-electron chi connectivity index (χ1n) is 8.37. The van der Waals surface area contributed by atoms with Crippen LogP contribution < -0.4 is 19.1 Å². The molecule has 12 heteroatoms. The highest BCUT2D eigenvalue weighted by Crippen LogP contribution is 2.41. The summed E-state index contributed by atoms with van der Waals surface area (Å²) in [5, 5.41) is 12.7. The van der Waals surface area contributed by atoms with Crippen molar-refractivity contribution in [2.45, 2.75) is 38.8 Å². The summed E-state index contributed by atoms with van der Waals surface area (Å²) in [6, 6.07) is 0.444. The zero-order valence-electron chi connectivity index (χ0n) is 15.4. The number of hydrogen-bond donors (Lipinski definition) is 3. The van der Waals surface area contributed by atoms with Gasteiger partial charge in [-0.25, -0.2) is 18.2 Å². The van der Waals surface area contributed by atoms with Crippen LogP contribution in [0.2, 0.25) is 0 Å². The molecule has 1 fully saturated rings. The molecule has 1 saturated heterocycles. The molecule has 154 valence electrons. The first-order chi connectivity index (χ1) is 12.9. The van der Waals surface area contributed by atoms with E-state index in [2.05, 4.69) is 5.32 Å². The van der Waals surface area contributed by atoms with Crippen LogP contribution in [0.5, 0.6) is 11.5 Å². The van der Waals surface area contributed by atoms with Gasteiger partial charge in [0.05, 0.1) is 6.04 Å². The van der Waals surface area contributed by atoms with Crippen molar-refractivity contribution in [2.75, 3.05) is 17.5 Å². The van der Waals surface area contributed by atoms with Crippen LogP contribution in [0.15, 0.2) is 6.07 Å². The predicted octanol–water partition coefficient (Wildman–Crippen LogP) is 0.541. The maximum atomic E-state index is 15.1. The molecule has 0 radical (unpaired) electrons. The second-order valence-electron chi connectivity index (χ2n) is 7.43. The van der Waals surface area contributed by atoms with Crippen LogP contribution in [-0.4, -0.2) is 50.3 Å². The van der Waals surface area contributed by atoms with Gasteiger partial charge < -0.3 is 19.9 Å². The van der Waals surface area contributed by atoms with Crippen molar-refractivity contribution in [2.24, 2.45) is 0 Å². The molecule has 3 rings (SSSR count). The number of ether oxygens (including phenoxy) is 2. The van der Waals surface area contributed by atoms with E-state index in [0.29, 0.717) is 4.31 Å². The van der Waals surface area contributed by atoms with E-state index in [4.69, 9.17) is 9.47 Å². The standard InChI is InChI=1S/C16H20FN3O7S/c1-16(2,3)27-15(23)18-8-4-9-11(26-7-8)5-10(21)14(13(9)17)20-6-12(22)19-28(20,24)25/h5,8,21H,4,6-7H2,1-3H3,(H,18,23)(H,19,22)/t8-/m0/s1. The number of hydrogen-bond acceptors (Lipinski definition) is 7. The number of aromatic hydroxyl groups is 1. The van der Waals surface area contributed by atoms with Crippen LogP contribution in [0.1, 0.15) is 26.3 Å². The molecule has 0 saturated carbocycles. The molecule has 0 unspecified atom stereocenters. The smallest absolute Gasteiger partial charge is 0.408 e. The second-order valence-corrected chi connectivity index (χ2v) is 9.03. The van der Waals surface area contributed by atoms with E-state index >= 15 is 4.39 Å². The highest BCUT2D eigenvalue weighted by molar-refractivity contribution is 7.92. The van der Waals surface area contributed by atoms with Crippen molar-refractivity contribution in [1.82, 2.24) is 10.0 Å². The lowest BCUT2D eigenvalue weighted by atomic mass is 10.0. The van der Waals surface area contributed by atoms with Crippen LogP contribution in [0.25, 0.3) is 0 Å². The molecule has 0 spiro atoms. The maximum Gasteiger partial charge on any atom is 0.408 e. The molecule has 0 bridgehead atoms. The zero-order chi connectivity index (χ0) is 20.9. The number of halogens is 1. The minimum absolute atomic E-state index is 0.00647. The molecule has 2 amide bonds. The Morgan fingerprint density at radius 1 is 1.46 bits per heavy atom. The third kappa shape index (κ3) is 3.91. The zero-order valence-corrected chi connectivity index (χ0v) is 16.2. The van der Waals surface area contributed by atoms with E-state index in [1.807, 2.05) is 0 Å². The van der Waals surface area contributed by atoms with Crippen molar-refractivity contribution in [1.29, 1.82) is 0 Å². The third-order valence-electron chi connectivity index (χ3n) is 3.96. The molecular formula is C16H20FN3O7S. The lowest BCUT2D eigenvalue weighted by molar-refractivity contribution is -0.117. The molecule has 28 heavy (non-hydrogen) atoms. The number of phenols is 1. The van der Waals surface area contributed by atoms with Gasteiger partial charge in [0.15, 0.2) is 5.82 Å². The van der Waals surface area contributed by atoms with Gasteiger partial charge in [-0.05, 0) is 20.8 Å². The fourth-order valence-corrected chi connectivity index (χ4v) is 4.07. The second kappa shape index (κ2) is 6.69. The number of fused-ring (bicyclic) bond motifs is 1. The lowest BCUT2D eigenvalue weighted by Crippen LogP contribution is -2.45. The largest absolute Gasteiger partial charge is 0.505 e. The molecule has 0 aromatic heterocycles. The Bertz CT molecular complexity index is 943. The van der Waals surface area contributed by atoms with E-state index in [-0.39, 0.29) is 24.3 Å². The van der Waals surface area contributed by atoms with Gasteiger partial charge in [0.1, 0.15) is 35.9 Å². The van der Waals surface area contributed by atoms with Gasteiger partial charge in [0.25, 0.3) is 5.91 Å². The Morgan fingerprint density at radius 3 is 2.71 bits per heavy atom. The van der Waals surface area contributed by atoms with Crippen LogP contribution >= 0.6 is 0 Å². The van der Waals surface area contributed by atoms with E-state index in [1.165, 1.54) is 0 Å². The number of alkyl carbamates (subject to hydrolysis) is 1. The van der Waals surface area contributed by atoms with Gasteiger partial charge in [-0.15, -0.1) is 0 Å². The molecule has 3 N–H and O–H groups in total. The summed E-state index contributed by atoms with van der Waals surface area (Å²) in [5.41, 5.74) is -1.40. The number of carbonyl (C=O) groups excluding carboxylic acids is 2. The number of nitrogens with zero attached hydrogens (tertiary/aromatic N) is 1. The molecule has 0 aliphatic carbocycles. The number of carbonyl (C=O) groups is 2. The van der Waals surface area contributed by atoms with E-state index in [0.717, 1.165) is 6.07 Å². The van der Waals surface area contributed by atoms with Crippen LogP contribution in [0, 0.1) is 5.82 Å². The summed E-state index contributed by atoms with van der Waals surface area (Å²) in [7, 11) is -4.31. The van der Waals surface area contributed by atoms with Crippen molar-refractivity contribution in [3.63, 3.8) is 0 Å². The molecule has 1 aromatic rings. The minimum Gasteiger partial charge on any atom is -0.505 e. The Morgan fingerprint density at radius 2 is 2.14 bits per heavy atom. The van der Waals surface area contributed by atoms with Crippen molar-refractivity contribution in [3.8, 4) is 11.5 Å². The van der Waals surface area contributed by atoms with Crippen molar-refractivity contribution in [3.05, 3.63) is 17.4 Å². The topological polar surface area (TPSA) is 134 Å². The summed E-state index contributed by atoms with van der Waals surface area (Å²) in [6.45, 7) is 4.43. The van der Waals surface area contributed by atoms with E-state index in [1.54, 1.807) is 25.5 Å². The Labute approximate surface area is 160 Å². The Hall–Kier alpha value is -2.76. The van der Waals surface area contributed by atoms with Gasteiger partial charge in [0, 0.05) is 18.1 Å². The van der Waals surface area contributed by atoms with Crippen molar-refractivity contribution < 1.29 is 37.0 Å².